The van der Waals surface area contributed by atoms with E-state index < -0.39 is 0 Å². The van der Waals surface area contributed by atoms with Gasteiger partial charge in [-0.3, -0.25) is 0 Å². The minimum absolute atomic E-state index is 0.804. The molecule has 0 radical (unpaired) electrons. The van der Waals surface area contributed by atoms with E-state index in [1.165, 1.54) is 0 Å². The van der Waals surface area contributed by atoms with E-state index in [4.69, 9.17) is 9.47 Å². The van der Waals surface area contributed by atoms with Crippen LogP contribution < -0.4 is 14.8 Å². The van der Waals surface area contributed by atoms with Crippen molar-refractivity contribution in [1.82, 2.24) is 0 Å². The minimum atomic E-state index is 0.804. The molecule has 0 aliphatic rings. The Balaban J connectivity index is 1.37. The highest BCUT2D eigenvalue weighted by Gasteiger charge is 2.00. The van der Waals surface area contributed by atoms with Gasteiger partial charge in [0.25, 0.3) is 0 Å². The maximum Gasteiger partial charge on any atom is 0.127 e. The largest absolute Gasteiger partial charge is 0.457 e. The number of hydrogen-bond acceptors (Lipinski definition) is 3. The van der Waals surface area contributed by atoms with Crippen LogP contribution in [0.1, 0.15) is 0 Å². The fourth-order valence-corrected chi connectivity index (χ4v) is 2.63. The Kier molecular flexibility index (Phi) is 5.02. The lowest BCUT2D eigenvalue weighted by molar-refractivity contribution is 0.482. The van der Waals surface area contributed by atoms with Crippen LogP contribution in [0.15, 0.2) is 109 Å². The predicted molar refractivity (Wildman–Crippen MR) is 109 cm³/mol. The topological polar surface area (TPSA) is 30.5 Å². The van der Waals surface area contributed by atoms with Gasteiger partial charge in [0.15, 0.2) is 0 Å². The van der Waals surface area contributed by atoms with Gasteiger partial charge in [-0.05, 0) is 72.8 Å². The van der Waals surface area contributed by atoms with Crippen LogP contribution in [0.2, 0.25) is 0 Å². The minimum Gasteiger partial charge on any atom is -0.457 e. The van der Waals surface area contributed by atoms with Crippen molar-refractivity contribution in [1.29, 1.82) is 0 Å². The fraction of sp³-hybridized carbons (Fsp3) is 0. The lowest BCUT2D eigenvalue weighted by Crippen LogP contribution is -1.91. The van der Waals surface area contributed by atoms with Gasteiger partial charge in [0, 0.05) is 11.4 Å². The highest BCUT2D eigenvalue weighted by atomic mass is 16.5. The van der Waals surface area contributed by atoms with Crippen molar-refractivity contribution in [2.24, 2.45) is 0 Å². The van der Waals surface area contributed by atoms with Crippen molar-refractivity contribution >= 4 is 11.4 Å². The van der Waals surface area contributed by atoms with E-state index >= 15 is 0 Å². The second-order valence-electron chi connectivity index (χ2n) is 6.00. The zero-order valence-electron chi connectivity index (χ0n) is 14.7. The van der Waals surface area contributed by atoms with Gasteiger partial charge in [-0.2, -0.15) is 0 Å². The smallest absolute Gasteiger partial charge is 0.127 e. The molecule has 4 aromatic carbocycles. The molecule has 0 aliphatic heterocycles. The molecule has 3 nitrogen and oxygen atoms in total. The summed E-state index contributed by atoms with van der Waals surface area (Å²) in [5, 5.41) is 3.37. The molecule has 4 rings (SSSR count). The first-order chi connectivity index (χ1) is 13.3. The van der Waals surface area contributed by atoms with Crippen LogP contribution in [0.25, 0.3) is 0 Å². The van der Waals surface area contributed by atoms with E-state index in [9.17, 15) is 0 Å². The Bertz CT molecular complexity index is 883. The Labute approximate surface area is 158 Å². The van der Waals surface area contributed by atoms with Crippen molar-refractivity contribution in [3.8, 4) is 23.0 Å². The first-order valence-electron chi connectivity index (χ1n) is 8.78. The summed E-state index contributed by atoms with van der Waals surface area (Å²) in [7, 11) is 0. The van der Waals surface area contributed by atoms with Crippen molar-refractivity contribution in [3.63, 3.8) is 0 Å². The van der Waals surface area contributed by atoms with Crippen molar-refractivity contribution in [2.75, 3.05) is 5.32 Å². The van der Waals surface area contributed by atoms with Gasteiger partial charge < -0.3 is 14.8 Å². The van der Waals surface area contributed by atoms with Crippen LogP contribution in [-0.4, -0.2) is 0 Å². The summed E-state index contributed by atoms with van der Waals surface area (Å²) in [5.74, 6) is 3.26. The molecule has 0 spiro atoms. The summed E-state index contributed by atoms with van der Waals surface area (Å²) in [5.41, 5.74) is 1.99. The van der Waals surface area contributed by atoms with Gasteiger partial charge in [-0.25, -0.2) is 0 Å². The normalized spacial score (nSPS) is 10.2. The first kappa shape index (κ1) is 16.7. The molecular formula is C24H19NO2. The van der Waals surface area contributed by atoms with Gasteiger partial charge >= 0.3 is 0 Å². The Morgan fingerprint density at radius 3 is 1.07 bits per heavy atom. The molecule has 1 N–H and O–H groups in total. The van der Waals surface area contributed by atoms with Crippen LogP contribution in [0.4, 0.5) is 11.4 Å². The molecule has 4 aromatic rings. The summed E-state index contributed by atoms with van der Waals surface area (Å²) in [4.78, 5) is 0. The fourth-order valence-electron chi connectivity index (χ4n) is 2.63. The third-order valence-corrected chi connectivity index (χ3v) is 3.96. The lowest BCUT2D eigenvalue weighted by Gasteiger charge is -2.10. The monoisotopic (exact) mass is 353 g/mol. The van der Waals surface area contributed by atoms with Crippen molar-refractivity contribution in [3.05, 3.63) is 109 Å². The number of hydrogen-bond donors (Lipinski definition) is 1. The number of nitrogens with one attached hydrogen (secondary N) is 1. The third-order valence-electron chi connectivity index (χ3n) is 3.96. The van der Waals surface area contributed by atoms with E-state index in [0.29, 0.717) is 0 Å². The molecule has 0 bridgehead atoms. The van der Waals surface area contributed by atoms with Gasteiger partial charge in [-0.15, -0.1) is 0 Å². The summed E-state index contributed by atoms with van der Waals surface area (Å²) < 4.78 is 11.6. The lowest BCUT2D eigenvalue weighted by atomic mass is 10.2. The Hall–Kier alpha value is -3.72. The molecule has 0 aliphatic carbocycles. The maximum atomic E-state index is 5.81. The Morgan fingerprint density at radius 2 is 0.704 bits per heavy atom. The predicted octanol–water partition coefficient (Wildman–Crippen LogP) is 7.01. The molecule has 0 unspecified atom stereocenters. The number of rotatable bonds is 6. The van der Waals surface area contributed by atoms with E-state index in [1.807, 2.05) is 109 Å². The van der Waals surface area contributed by atoms with Crippen LogP contribution in [0, 0.1) is 0 Å². The zero-order valence-corrected chi connectivity index (χ0v) is 14.7. The zero-order chi connectivity index (χ0) is 18.3. The molecule has 0 saturated carbocycles. The maximum absolute atomic E-state index is 5.81. The first-order valence-corrected chi connectivity index (χ1v) is 8.78. The summed E-state index contributed by atoms with van der Waals surface area (Å²) in [6.45, 7) is 0. The van der Waals surface area contributed by atoms with Crippen molar-refractivity contribution in [2.45, 2.75) is 0 Å². The SMILES string of the molecule is c1ccc(Oc2ccc(Nc3ccc(Oc4ccccc4)cc3)cc2)cc1. The third kappa shape index (κ3) is 4.67. The molecular weight excluding hydrogens is 334 g/mol. The number of ether oxygens (including phenoxy) is 2. The van der Waals surface area contributed by atoms with Crippen LogP contribution >= 0.6 is 0 Å². The molecule has 0 amide bonds. The van der Waals surface area contributed by atoms with Crippen molar-refractivity contribution < 1.29 is 9.47 Å². The molecule has 132 valence electrons. The average Bonchev–Trinajstić information content (AvgIpc) is 2.73. The van der Waals surface area contributed by atoms with E-state index in [2.05, 4.69) is 5.32 Å². The van der Waals surface area contributed by atoms with Crippen LogP contribution in [-0.2, 0) is 0 Å². The Morgan fingerprint density at radius 1 is 0.370 bits per heavy atom. The average molecular weight is 353 g/mol. The summed E-state index contributed by atoms with van der Waals surface area (Å²) in [6, 6.07) is 35.3. The highest BCUT2D eigenvalue weighted by molar-refractivity contribution is 5.61. The number of benzene rings is 4. The molecule has 0 fully saturated rings. The molecule has 3 heteroatoms. The second-order valence-corrected chi connectivity index (χ2v) is 6.00. The van der Waals surface area contributed by atoms with Gasteiger partial charge in [-0.1, -0.05) is 36.4 Å². The van der Waals surface area contributed by atoms with Crippen LogP contribution in [0.3, 0.4) is 0 Å². The molecule has 27 heavy (non-hydrogen) atoms. The van der Waals surface area contributed by atoms with Crippen LogP contribution in [0.5, 0.6) is 23.0 Å². The summed E-state index contributed by atoms with van der Waals surface area (Å²) in [6.07, 6.45) is 0. The van der Waals surface area contributed by atoms with E-state index in [-0.39, 0.29) is 0 Å². The van der Waals surface area contributed by atoms with Gasteiger partial charge in [0.1, 0.15) is 23.0 Å². The molecule has 0 aromatic heterocycles. The van der Waals surface area contributed by atoms with E-state index in [0.717, 1.165) is 34.4 Å². The number of anilines is 2. The molecule has 0 saturated heterocycles. The van der Waals surface area contributed by atoms with E-state index in [1.54, 1.807) is 0 Å². The van der Waals surface area contributed by atoms with Gasteiger partial charge in [0.05, 0.1) is 0 Å². The molecule has 0 heterocycles. The summed E-state index contributed by atoms with van der Waals surface area (Å²) >= 11 is 0. The highest BCUT2D eigenvalue weighted by Crippen LogP contribution is 2.26. The molecule has 0 atom stereocenters. The second kappa shape index (κ2) is 8.11. The van der Waals surface area contributed by atoms with Gasteiger partial charge in [0.2, 0.25) is 0 Å². The quantitative estimate of drug-likeness (QED) is 0.404. The number of para-hydroxylation sites is 2. The standard InChI is InChI=1S/C24H19NO2/c1-3-7-21(8-4-1)26-23-15-11-19(12-16-23)25-20-13-17-24(18-14-20)27-22-9-5-2-6-10-22/h1-18,25H.